The summed E-state index contributed by atoms with van der Waals surface area (Å²) in [7, 11) is 0. The zero-order valence-corrected chi connectivity index (χ0v) is 11.7. The first kappa shape index (κ1) is 13.6. The summed E-state index contributed by atoms with van der Waals surface area (Å²) in [5.74, 6) is 0.832. The average Bonchev–Trinajstić information content (AvgIpc) is 2.82. The highest BCUT2D eigenvalue weighted by Gasteiger charge is 2.19. The van der Waals surface area contributed by atoms with Gasteiger partial charge in [0.15, 0.2) is 0 Å². The van der Waals surface area contributed by atoms with Crippen LogP contribution in [0.1, 0.15) is 44.9 Å². The van der Waals surface area contributed by atoms with Crippen LogP contribution in [-0.4, -0.2) is 43.0 Å². The van der Waals surface area contributed by atoms with E-state index in [1.54, 1.807) is 0 Å². The highest BCUT2D eigenvalue weighted by atomic mass is 35.5. The third kappa shape index (κ3) is 5.15. The fourth-order valence-corrected chi connectivity index (χ4v) is 3.56. The van der Waals surface area contributed by atoms with E-state index in [0.29, 0.717) is 5.38 Å². The average molecular weight is 259 g/mol. The van der Waals surface area contributed by atoms with Gasteiger partial charge in [0.05, 0.1) is 0 Å². The van der Waals surface area contributed by atoms with E-state index in [9.17, 15) is 0 Å². The van der Waals surface area contributed by atoms with Crippen LogP contribution in [0.2, 0.25) is 0 Å². The molecule has 1 heterocycles. The van der Waals surface area contributed by atoms with Crippen molar-refractivity contribution in [3.05, 3.63) is 0 Å². The van der Waals surface area contributed by atoms with Crippen molar-refractivity contribution in [2.75, 3.05) is 32.7 Å². The summed E-state index contributed by atoms with van der Waals surface area (Å²) in [6, 6.07) is 0. The Hall–Kier alpha value is 0.210. The highest BCUT2D eigenvalue weighted by molar-refractivity contribution is 6.20. The summed E-state index contributed by atoms with van der Waals surface area (Å²) in [5, 5.41) is 4.06. The quantitative estimate of drug-likeness (QED) is 0.582. The molecular formula is C14H27ClN2. The number of rotatable bonds is 6. The highest BCUT2D eigenvalue weighted by Crippen LogP contribution is 2.27. The van der Waals surface area contributed by atoms with E-state index in [0.717, 1.165) is 5.92 Å². The SMILES string of the molecule is ClC1CCCC(CNCCCN2CCCC2)C1. The third-order valence-corrected chi connectivity index (χ3v) is 4.57. The zero-order chi connectivity index (χ0) is 11.9. The van der Waals surface area contributed by atoms with Crippen molar-refractivity contribution in [3.63, 3.8) is 0 Å². The molecule has 1 N–H and O–H groups in total. The molecule has 2 nitrogen and oxygen atoms in total. The number of likely N-dealkylation sites (tertiary alicyclic amines) is 1. The summed E-state index contributed by atoms with van der Waals surface area (Å²) in [4.78, 5) is 2.59. The number of hydrogen-bond acceptors (Lipinski definition) is 2. The Bertz CT molecular complexity index is 204. The molecule has 0 amide bonds. The van der Waals surface area contributed by atoms with E-state index in [4.69, 9.17) is 11.6 Å². The van der Waals surface area contributed by atoms with E-state index < -0.39 is 0 Å². The molecule has 0 aromatic rings. The molecular weight excluding hydrogens is 232 g/mol. The van der Waals surface area contributed by atoms with Crippen molar-refractivity contribution in [2.45, 2.75) is 50.3 Å². The number of nitrogens with zero attached hydrogens (tertiary/aromatic N) is 1. The summed E-state index contributed by atoms with van der Waals surface area (Å²) in [6.07, 6.45) is 9.28. The number of hydrogen-bond donors (Lipinski definition) is 1. The van der Waals surface area contributed by atoms with Crippen molar-refractivity contribution >= 4 is 11.6 Å². The number of halogens is 1. The van der Waals surface area contributed by atoms with Crippen molar-refractivity contribution in [3.8, 4) is 0 Å². The maximum atomic E-state index is 6.20. The van der Waals surface area contributed by atoms with Crippen LogP contribution in [0.15, 0.2) is 0 Å². The lowest BCUT2D eigenvalue weighted by molar-refractivity contribution is 0.318. The molecule has 2 atom stereocenters. The lowest BCUT2D eigenvalue weighted by atomic mass is 9.89. The Morgan fingerprint density at radius 3 is 2.71 bits per heavy atom. The molecule has 1 saturated heterocycles. The maximum absolute atomic E-state index is 6.20. The van der Waals surface area contributed by atoms with Crippen molar-refractivity contribution in [2.24, 2.45) is 5.92 Å². The van der Waals surface area contributed by atoms with Gasteiger partial charge in [0.1, 0.15) is 0 Å². The smallest absolute Gasteiger partial charge is 0.0339 e. The second kappa shape index (κ2) is 7.60. The van der Waals surface area contributed by atoms with Crippen LogP contribution in [-0.2, 0) is 0 Å². The molecule has 0 aromatic heterocycles. The molecule has 3 heteroatoms. The van der Waals surface area contributed by atoms with Crippen molar-refractivity contribution in [1.29, 1.82) is 0 Å². The van der Waals surface area contributed by atoms with Crippen LogP contribution < -0.4 is 5.32 Å². The predicted octanol–water partition coefficient (Wildman–Crippen LogP) is 2.86. The molecule has 2 aliphatic rings. The lowest BCUT2D eigenvalue weighted by Crippen LogP contribution is -2.30. The van der Waals surface area contributed by atoms with Crippen molar-refractivity contribution in [1.82, 2.24) is 10.2 Å². The van der Waals surface area contributed by atoms with Gasteiger partial charge >= 0.3 is 0 Å². The predicted molar refractivity (Wildman–Crippen MR) is 74.8 cm³/mol. The Morgan fingerprint density at radius 1 is 1.12 bits per heavy atom. The van der Waals surface area contributed by atoms with E-state index in [2.05, 4.69) is 10.2 Å². The molecule has 17 heavy (non-hydrogen) atoms. The summed E-state index contributed by atoms with van der Waals surface area (Å²) >= 11 is 6.20. The van der Waals surface area contributed by atoms with E-state index in [-0.39, 0.29) is 0 Å². The molecule has 2 unspecified atom stereocenters. The molecule has 2 rings (SSSR count). The maximum Gasteiger partial charge on any atom is 0.0339 e. The topological polar surface area (TPSA) is 15.3 Å². The van der Waals surface area contributed by atoms with Gasteiger partial charge in [-0.3, -0.25) is 0 Å². The standard InChI is InChI=1S/C14H27ClN2/c15-14-6-3-5-13(11-14)12-16-7-4-10-17-8-1-2-9-17/h13-14,16H,1-12H2. The van der Waals surface area contributed by atoms with Crippen LogP contribution in [0.5, 0.6) is 0 Å². The van der Waals surface area contributed by atoms with Crippen LogP contribution in [0, 0.1) is 5.92 Å². The van der Waals surface area contributed by atoms with Gasteiger partial charge in [0.2, 0.25) is 0 Å². The largest absolute Gasteiger partial charge is 0.316 e. The summed E-state index contributed by atoms with van der Waals surface area (Å²) < 4.78 is 0. The monoisotopic (exact) mass is 258 g/mol. The first-order chi connectivity index (χ1) is 8.34. The van der Waals surface area contributed by atoms with Crippen molar-refractivity contribution < 1.29 is 0 Å². The van der Waals surface area contributed by atoms with Crippen LogP contribution in [0.25, 0.3) is 0 Å². The molecule has 0 aromatic carbocycles. The first-order valence-electron chi connectivity index (χ1n) is 7.42. The van der Waals surface area contributed by atoms with E-state index in [1.807, 2.05) is 0 Å². The zero-order valence-electron chi connectivity index (χ0n) is 11.0. The number of nitrogens with one attached hydrogen (secondary N) is 1. The minimum atomic E-state index is 0.445. The van der Waals surface area contributed by atoms with Gasteiger partial charge in [0, 0.05) is 5.38 Å². The second-order valence-corrected chi connectivity index (χ2v) is 6.35. The van der Waals surface area contributed by atoms with Gasteiger partial charge in [-0.1, -0.05) is 6.42 Å². The lowest BCUT2D eigenvalue weighted by Gasteiger charge is -2.25. The van der Waals surface area contributed by atoms with Gasteiger partial charge in [0.25, 0.3) is 0 Å². The molecule has 1 saturated carbocycles. The second-order valence-electron chi connectivity index (χ2n) is 5.74. The Labute approximate surface area is 111 Å². The fraction of sp³-hybridized carbons (Fsp3) is 1.00. The Morgan fingerprint density at radius 2 is 1.94 bits per heavy atom. The molecule has 1 aliphatic heterocycles. The molecule has 0 radical (unpaired) electrons. The molecule has 2 fully saturated rings. The minimum Gasteiger partial charge on any atom is -0.316 e. The van der Waals surface area contributed by atoms with Gasteiger partial charge in [-0.05, 0) is 77.2 Å². The molecule has 100 valence electrons. The Kier molecular flexibility index (Phi) is 6.10. The fourth-order valence-electron chi connectivity index (χ4n) is 3.15. The summed E-state index contributed by atoms with van der Waals surface area (Å²) in [6.45, 7) is 6.31. The van der Waals surface area contributed by atoms with Gasteiger partial charge in [-0.25, -0.2) is 0 Å². The van der Waals surface area contributed by atoms with Crippen LogP contribution in [0.4, 0.5) is 0 Å². The molecule has 0 bridgehead atoms. The minimum absolute atomic E-state index is 0.445. The van der Waals surface area contributed by atoms with Gasteiger partial charge < -0.3 is 10.2 Å². The Balaban J connectivity index is 1.45. The first-order valence-corrected chi connectivity index (χ1v) is 7.85. The summed E-state index contributed by atoms with van der Waals surface area (Å²) in [5.41, 5.74) is 0. The van der Waals surface area contributed by atoms with Gasteiger partial charge in [-0.2, -0.15) is 0 Å². The van der Waals surface area contributed by atoms with Crippen LogP contribution >= 0.6 is 11.6 Å². The molecule has 1 aliphatic carbocycles. The van der Waals surface area contributed by atoms with E-state index >= 15 is 0 Å². The third-order valence-electron chi connectivity index (χ3n) is 4.18. The number of alkyl halides is 1. The normalized spacial score (nSPS) is 30.9. The molecule has 0 spiro atoms. The van der Waals surface area contributed by atoms with Crippen LogP contribution in [0.3, 0.4) is 0 Å². The van der Waals surface area contributed by atoms with E-state index in [1.165, 1.54) is 77.7 Å². The van der Waals surface area contributed by atoms with Gasteiger partial charge in [-0.15, -0.1) is 11.6 Å².